The van der Waals surface area contributed by atoms with Gasteiger partial charge in [-0.25, -0.2) is 4.98 Å². The number of Topliss-reactive ketones (excluding diaryl/α,β-unsaturated/α-hetero) is 1. The minimum Gasteiger partial charge on any atom is -0.488 e. The fraction of sp³-hybridized carbons (Fsp3) is 0.522. The maximum Gasteiger partial charge on any atom is 0.257 e. The Kier molecular flexibility index (Phi) is 6.05. The summed E-state index contributed by atoms with van der Waals surface area (Å²) in [5.74, 6) is 1.48. The molecule has 2 aromatic heterocycles. The van der Waals surface area contributed by atoms with Gasteiger partial charge >= 0.3 is 0 Å². The average Bonchev–Trinajstić information content (AvgIpc) is 3.47. The number of pyridine rings is 2. The minimum atomic E-state index is -0.279. The summed E-state index contributed by atoms with van der Waals surface area (Å²) >= 11 is 0. The first-order valence-corrected chi connectivity index (χ1v) is 10.2. The highest BCUT2D eigenvalue weighted by molar-refractivity contribution is 7.59. The monoisotopic (exact) mass is 430 g/mol. The zero-order valence-corrected chi connectivity index (χ0v) is 19.2. The second-order valence-electron chi connectivity index (χ2n) is 9.24. The van der Waals surface area contributed by atoms with Crippen LogP contribution in [-0.2, 0) is 6.42 Å². The number of hydrogen-bond acceptors (Lipinski definition) is 5. The number of carbonyl (C=O) groups is 1. The van der Waals surface area contributed by atoms with Crippen LogP contribution in [0, 0.1) is 11.3 Å². The zero-order valence-electron chi connectivity index (χ0n) is 18.2. The molecule has 0 unspecified atom stereocenters. The molecule has 30 heavy (non-hydrogen) atoms. The first-order valence-electron chi connectivity index (χ1n) is 10.2. The van der Waals surface area contributed by atoms with E-state index in [-0.39, 0.29) is 41.7 Å². The maximum atomic E-state index is 12.6. The lowest BCUT2D eigenvalue weighted by atomic mass is 9.80. The van der Waals surface area contributed by atoms with Gasteiger partial charge in [-0.1, -0.05) is 20.8 Å². The van der Waals surface area contributed by atoms with Crippen molar-refractivity contribution in [1.82, 2.24) is 9.55 Å². The van der Waals surface area contributed by atoms with Crippen LogP contribution >= 0.6 is 13.5 Å². The van der Waals surface area contributed by atoms with Crippen LogP contribution in [-0.4, -0.2) is 29.1 Å². The Labute approximate surface area is 184 Å². The maximum absolute atomic E-state index is 12.6. The van der Waals surface area contributed by atoms with E-state index in [0.717, 1.165) is 12.0 Å². The number of carbonyl (C=O) groups excluding carboxylic acids is 1. The lowest BCUT2D eigenvalue weighted by Gasteiger charge is -2.38. The summed E-state index contributed by atoms with van der Waals surface area (Å²) in [6.45, 7) is 8.60. The molecule has 1 fully saturated rings. The zero-order chi connectivity index (χ0) is 20.9. The predicted molar refractivity (Wildman–Crippen MR) is 121 cm³/mol. The third-order valence-electron chi connectivity index (χ3n) is 5.85. The highest BCUT2D eigenvalue weighted by Crippen LogP contribution is 2.44. The molecule has 2 aliphatic rings. The topological polar surface area (TPSA) is 70.4 Å². The highest BCUT2D eigenvalue weighted by atomic mass is 32.1. The van der Waals surface area contributed by atoms with E-state index in [0.29, 0.717) is 35.5 Å². The first kappa shape index (κ1) is 22.4. The lowest BCUT2D eigenvalue weighted by molar-refractivity contribution is 0.101. The molecule has 0 amide bonds. The van der Waals surface area contributed by atoms with E-state index in [1.807, 2.05) is 10.6 Å². The van der Waals surface area contributed by atoms with Gasteiger partial charge in [0, 0.05) is 18.3 Å². The van der Waals surface area contributed by atoms with Gasteiger partial charge < -0.3 is 14.0 Å². The van der Waals surface area contributed by atoms with E-state index in [9.17, 15) is 9.59 Å². The molecule has 0 radical (unpaired) electrons. The van der Waals surface area contributed by atoms with Crippen molar-refractivity contribution in [2.45, 2.75) is 53.0 Å². The van der Waals surface area contributed by atoms with Crippen molar-refractivity contribution in [2.24, 2.45) is 11.3 Å². The molecule has 0 bridgehead atoms. The van der Waals surface area contributed by atoms with E-state index in [1.54, 1.807) is 13.3 Å². The van der Waals surface area contributed by atoms with Gasteiger partial charge in [0.25, 0.3) is 5.88 Å². The summed E-state index contributed by atoms with van der Waals surface area (Å²) < 4.78 is 13.5. The molecule has 4 rings (SSSR count). The van der Waals surface area contributed by atoms with Gasteiger partial charge in [0.2, 0.25) is 0 Å². The van der Waals surface area contributed by atoms with Crippen LogP contribution in [0.3, 0.4) is 0 Å². The molecule has 6 nitrogen and oxygen atoms in total. The van der Waals surface area contributed by atoms with Crippen LogP contribution in [0.4, 0.5) is 0 Å². The molecule has 0 N–H and O–H groups in total. The molecule has 2 aromatic rings. The van der Waals surface area contributed by atoms with Gasteiger partial charge in [-0.2, -0.15) is 13.5 Å². The lowest BCUT2D eigenvalue weighted by Crippen LogP contribution is -2.33. The number of nitrogens with zero attached hydrogens (tertiary/aromatic N) is 2. The van der Waals surface area contributed by atoms with E-state index in [1.165, 1.54) is 25.8 Å². The number of aromatic nitrogens is 2. The van der Waals surface area contributed by atoms with Crippen LogP contribution in [0.5, 0.6) is 11.6 Å². The van der Waals surface area contributed by atoms with Crippen LogP contribution in [0.15, 0.2) is 23.1 Å². The Balaban J connectivity index is 0.00000256. The van der Waals surface area contributed by atoms with Crippen molar-refractivity contribution in [3.63, 3.8) is 0 Å². The number of fused-ring (bicyclic) bond motifs is 3. The molecule has 0 saturated heterocycles. The number of ketones is 1. The van der Waals surface area contributed by atoms with Gasteiger partial charge in [-0.3, -0.25) is 9.59 Å². The molecule has 1 saturated carbocycles. The van der Waals surface area contributed by atoms with Crippen LogP contribution < -0.4 is 14.9 Å². The molecule has 162 valence electrons. The van der Waals surface area contributed by atoms with Crippen molar-refractivity contribution in [1.29, 1.82) is 0 Å². The standard InChI is InChI=1S/C23H28N2O4.H2S/c1-13(26)16-11-25-17(10-18(16)27)21-15(9-20(25)23(2,3)4)8-19(22(24-21)28-5)29-12-14-6-7-14;/h8,10-11,14,20H,6-7,9,12H2,1-5H3;1H2/t20-;/m0./s1. The quantitative estimate of drug-likeness (QED) is 0.666. The molecule has 1 aliphatic heterocycles. The summed E-state index contributed by atoms with van der Waals surface area (Å²) in [5, 5.41) is 0. The normalized spacial score (nSPS) is 17.4. The Morgan fingerprint density at radius 1 is 1.27 bits per heavy atom. The molecular formula is C23H30N2O4S. The van der Waals surface area contributed by atoms with Crippen LogP contribution in [0.25, 0.3) is 11.4 Å². The van der Waals surface area contributed by atoms with Crippen molar-refractivity contribution in [2.75, 3.05) is 13.7 Å². The Morgan fingerprint density at radius 3 is 2.53 bits per heavy atom. The molecule has 1 aliphatic carbocycles. The fourth-order valence-corrected chi connectivity index (χ4v) is 3.93. The Hall–Kier alpha value is -2.28. The van der Waals surface area contributed by atoms with E-state index in [4.69, 9.17) is 14.5 Å². The predicted octanol–water partition coefficient (Wildman–Crippen LogP) is 4.17. The summed E-state index contributed by atoms with van der Waals surface area (Å²) in [4.78, 5) is 29.3. The van der Waals surface area contributed by atoms with E-state index >= 15 is 0 Å². The molecule has 1 atom stereocenters. The molecule has 0 spiro atoms. The summed E-state index contributed by atoms with van der Waals surface area (Å²) in [6.07, 6.45) is 4.86. The van der Waals surface area contributed by atoms with Crippen LogP contribution in [0.2, 0.25) is 0 Å². The summed E-state index contributed by atoms with van der Waals surface area (Å²) in [5.41, 5.74) is 2.32. The second-order valence-corrected chi connectivity index (χ2v) is 9.24. The highest BCUT2D eigenvalue weighted by Gasteiger charge is 2.35. The van der Waals surface area contributed by atoms with E-state index < -0.39 is 0 Å². The van der Waals surface area contributed by atoms with Gasteiger partial charge in [-0.15, -0.1) is 0 Å². The molecular weight excluding hydrogens is 400 g/mol. The van der Waals surface area contributed by atoms with Crippen LogP contribution in [0.1, 0.15) is 62.5 Å². The van der Waals surface area contributed by atoms with Crippen molar-refractivity contribution < 1.29 is 14.3 Å². The van der Waals surface area contributed by atoms with Gasteiger partial charge in [0.05, 0.1) is 30.7 Å². The van der Waals surface area contributed by atoms with Crippen molar-refractivity contribution in [3.05, 3.63) is 39.7 Å². The van der Waals surface area contributed by atoms with Gasteiger partial charge in [0.1, 0.15) is 0 Å². The van der Waals surface area contributed by atoms with Crippen molar-refractivity contribution >= 4 is 19.3 Å². The third-order valence-corrected chi connectivity index (χ3v) is 5.85. The molecule has 7 heteroatoms. The van der Waals surface area contributed by atoms with Gasteiger partial charge in [0.15, 0.2) is 17.0 Å². The largest absolute Gasteiger partial charge is 0.488 e. The average molecular weight is 431 g/mol. The minimum absolute atomic E-state index is 0. The number of rotatable bonds is 5. The molecule has 0 aromatic carbocycles. The number of ether oxygens (including phenoxy) is 2. The Morgan fingerprint density at radius 2 is 1.97 bits per heavy atom. The fourth-order valence-electron chi connectivity index (χ4n) is 3.93. The number of methoxy groups -OCH3 is 1. The number of hydrogen-bond donors (Lipinski definition) is 0. The summed E-state index contributed by atoms with van der Waals surface area (Å²) in [6, 6.07) is 3.62. The van der Waals surface area contributed by atoms with E-state index in [2.05, 4.69) is 20.8 Å². The van der Waals surface area contributed by atoms with Gasteiger partial charge in [-0.05, 0) is 49.1 Å². The first-order chi connectivity index (χ1) is 13.7. The van der Waals surface area contributed by atoms with Crippen molar-refractivity contribution in [3.8, 4) is 23.0 Å². The third kappa shape index (κ3) is 4.13. The second kappa shape index (κ2) is 8.10. The smallest absolute Gasteiger partial charge is 0.257 e. The molecule has 3 heterocycles. The SMILES string of the molecule is COc1nc2c(cc1OCC1CC1)C[C@@H](C(C)(C)C)n1cc(C(C)=O)c(=O)cc1-2.S. The summed E-state index contributed by atoms with van der Waals surface area (Å²) in [7, 11) is 1.57. The Bertz CT molecular complexity index is 1030.